The van der Waals surface area contributed by atoms with E-state index in [-0.39, 0.29) is 12.5 Å². The van der Waals surface area contributed by atoms with Crippen molar-refractivity contribution in [3.05, 3.63) is 82.0 Å². The van der Waals surface area contributed by atoms with Crippen LogP contribution in [0.4, 0.5) is 0 Å². The van der Waals surface area contributed by atoms with Crippen LogP contribution in [0.25, 0.3) is 11.1 Å². The average Bonchev–Trinajstić information content (AvgIpc) is 3.26. The van der Waals surface area contributed by atoms with Crippen molar-refractivity contribution in [1.82, 2.24) is 5.32 Å². The van der Waals surface area contributed by atoms with Gasteiger partial charge in [-0.2, -0.15) is 11.3 Å². The summed E-state index contributed by atoms with van der Waals surface area (Å²) in [6, 6.07) is 15.8. The Hall–Kier alpha value is -2.96. The molecule has 2 N–H and O–H groups in total. The Morgan fingerprint density at radius 1 is 1.00 bits per heavy atom. The summed E-state index contributed by atoms with van der Waals surface area (Å²) < 4.78 is 4.62. The Labute approximate surface area is 161 Å². The second kappa shape index (κ2) is 8.62. The van der Waals surface area contributed by atoms with E-state index in [2.05, 4.69) is 15.4 Å². The van der Waals surface area contributed by atoms with Crippen LogP contribution in [0.5, 0.6) is 0 Å². The van der Waals surface area contributed by atoms with Crippen LogP contribution in [0.2, 0.25) is 0 Å². The first-order valence-electron chi connectivity index (χ1n) is 8.35. The molecule has 0 saturated carbocycles. The minimum atomic E-state index is -0.806. The van der Waals surface area contributed by atoms with Crippen molar-refractivity contribution in [1.29, 1.82) is 0 Å². The molecule has 0 spiro atoms. The molecule has 0 fully saturated rings. The lowest BCUT2D eigenvalue weighted by Gasteiger charge is -2.13. The summed E-state index contributed by atoms with van der Waals surface area (Å²) in [6.07, 6.45) is -0.806. The topological polar surface area (TPSA) is 75.6 Å². The molecule has 1 unspecified atom stereocenters. The zero-order valence-corrected chi connectivity index (χ0v) is 15.5. The fourth-order valence-electron chi connectivity index (χ4n) is 2.61. The highest BCUT2D eigenvalue weighted by atomic mass is 32.1. The molecule has 0 bridgehead atoms. The van der Waals surface area contributed by atoms with Gasteiger partial charge in [-0.05, 0) is 57.8 Å². The van der Waals surface area contributed by atoms with Crippen LogP contribution in [0, 0.1) is 0 Å². The van der Waals surface area contributed by atoms with E-state index in [0.717, 1.165) is 16.7 Å². The normalized spacial score (nSPS) is 11.6. The van der Waals surface area contributed by atoms with Crippen molar-refractivity contribution in [2.75, 3.05) is 13.7 Å². The highest BCUT2D eigenvalue weighted by molar-refractivity contribution is 7.08. The molecule has 6 heteroatoms. The van der Waals surface area contributed by atoms with E-state index in [1.54, 1.807) is 23.5 Å². The van der Waals surface area contributed by atoms with Gasteiger partial charge < -0.3 is 15.2 Å². The van der Waals surface area contributed by atoms with Gasteiger partial charge in [0.1, 0.15) is 0 Å². The number of thiophene rings is 1. The third kappa shape index (κ3) is 4.61. The molecule has 2 aromatic carbocycles. The molecule has 0 aliphatic carbocycles. The predicted octanol–water partition coefficient (Wildman–Crippen LogP) is 3.67. The van der Waals surface area contributed by atoms with E-state index in [0.29, 0.717) is 11.1 Å². The molecular weight excluding hydrogens is 362 g/mol. The SMILES string of the molecule is COC(=O)c1ccc(C(=O)NCC(O)c2ccc(-c3ccsc3)cc2)cc1. The summed E-state index contributed by atoms with van der Waals surface area (Å²) in [5.41, 5.74) is 3.74. The van der Waals surface area contributed by atoms with Crippen LogP contribution < -0.4 is 5.32 Å². The summed E-state index contributed by atoms with van der Waals surface area (Å²) in [4.78, 5) is 23.6. The first kappa shape index (κ1) is 18.8. The number of hydrogen-bond acceptors (Lipinski definition) is 5. The van der Waals surface area contributed by atoms with E-state index in [9.17, 15) is 14.7 Å². The number of aliphatic hydroxyl groups is 1. The zero-order valence-electron chi connectivity index (χ0n) is 14.7. The standard InChI is InChI=1S/C21H19NO4S/c1-26-21(25)17-8-6-16(7-9-17)20(24)22-12-19(23)15-4-2-14(3-5-15)18-10-11-27-13-18/h2-11,13,19,23H,12H2,1H3,(H,22,24). The molecule has 3 aromatic rings. The van der Waals surface area contributed by atoms with Crippen molar-refractivity contribution in [2.24, 2.45) is 0 Å². The lowest BCUT2D eigenvalue weighted by molar-refractivity contribution is 0.0600. The van der Waals surface area contributed by atoms with Gasteiger partial charge in [0, 0.05) is 12.1 Å². The number of rotatable bonds is 6. The van der Waals surface area contributed by atoms with Crippen LogP contribution in [0.1, 0.15) is 32.4 Å². The van der Waals surface area contributed by atoms with Crippen molar-refractivity contribution >= 4 is 23.2 Å². The summed E-state index contributed by atoms with van der Waals surface area (Å²) in [7, 11) is 1.30. The number of benzene rings is 2. The Kier molecular flexibility index (Phi) is 6.01. The van der Waals surface area contributed by atoms with Gasteiger partial charge in [-0.3, -0.25) is 4.79 Å². The number of carbonyl (C=O) groups is 2. The van der Waals surface area contributed by atoms with Gasteiger partial charge >= 0.3 is 5.97 Å². The largest absolute Gasteiger partial charge is 0.465 e. The highest BCUT2D eigenvalue weighted by Crippen LogP contribution is 2.24. The number of methoxy groups -OCH3 is 1. The minimum Gasteiger partial charge on any atom is -0.465 e. The highest BCUT2D eigenvalue weighted by Gasteiger charge is 2.12. The average molecular weight is 381 g/mol. The molecule has 0 saturated heterocycles. The van der Waals surface area contributed by atoms with Crippen LogP contribution >= 0.6 is 11.3 Å². The molecule has 27 heavy (non-hydrogen) atoms. The maximum absolute atomic E-state index is 12.2. The van der Waals surface area contributed by atoms with Crippen molar-refractivity contribution in [3.8, 4) is 11.1 Å². The van der Waals surface area contributed by atoms with Gasteiger partial charge in [-0.15, -0.1) is 0 Å². The zero-order chi connectivity index (χ0) is 19.2. The summed E-state index contributed by atoms with van der Waals surface area (Å²) in [5.74, 6) is -0.774. The first-order valence-corrected chi connectivity index (χ1v) is 9.30. The van der Waals surface area contributed by atoms with E-state index < -0.39 is 12.1 Å². The summed E-state index contributed by atoms with van der Waals surface area (Å²) in [6.45, 7) is 0.0926. The van der Waals surface area contributed by atoms with Gasteiger partial charge in [0.25, 0.3) is 5.91 Å². The van der Waals surface area contributed by atoms with Crippen LogP contribution in [0.3, 0.4) is 0 Å². The van der Waals surface area contributed by atoms with Gasteiger partial charge in [0.2, 0.25) is 0 Å². The van der Waals surface area contributed by atoms with Crippen LogP contribution in [0.15, 0.2) is 65.4 Å². The number of amides is 1. The summed E-state index contributed by atoms with van der Waals surface area (Å²) in [5, 5.41) is 17.1. The Morgan fingerprint density at radius 2 is 1.67 bits per heavy atom. The monoisotopic (exact) mass is 381 g/mol. The maximum Gasteiger partial charge on any atom is 0.337 e. The molecule has 0 aliphatic rings. The van der Waals surface area contributed by atoms with E-state index in [4.69, 9.17) is 0 Å². The van der Waals surface area contributed by atoms with Crippen molar-refractivity contribution in [2.45, 2.75) is 6.10 Å². The second-order valence-corrected chi connectivity index (χ2v) is 6.71. The third-order valence-electron chi connectivity index (χ3n) is 4.17. The Bertz CT molecular complexity index is 902. The number of aliphatic hydroxyl groups excluding tert-OH is 1. The molecular formula is C21H19NO4S. The van der Waals surface area contributed by atoms with Crippen molar-refractivity contribution in [3.63, 3.8) is 0 Å². The van der Waals surface area contributed by atoms with Gasteiger partial charge in [0.05, 0.1) is 18.8 Å². The molecule has 138 valence electrons. The van der Waals surface area contributed by atoms with Crippen LogP contribution in [-0.2, 0) is 4.74 Å². The lowest BCUT2D eigenvalue weighted by atomic mass is 10.0. The molecule has 0 aliphatic heterocycles. The second-order valence-electron chi connectivity index (χ2n) is 5.93. The predicted molar refractivity (Wildman–Crippen MR) is 105 cm³/mol. The van der Waals surface area contributed by atoms with E-state index in [1.807, 2.05) is 35.7 Å². The maximum atomic E-state index is 12.2. The molecule has 1 amide bonds. The number of ether oxygens (including phenoxy) is 1. The third-order valence-corrected chi connectivity index (χ3v) is 4.86. The van der Waals surface area contributed by atoms with Crippen LogP contribution in [-0.4, -0.2) is 30.6 Å². The van der Waals surface area contributed by atoms with Crippen molar-refractivity contribution < 1.29 is 19.4 Å². The molecule has 1 aromatic heterocycles. The fourth-order valence-corrected chi connectivity index (χ4v) is 3.28. The van der Waals surface area contributed by atoms with E-state index in [1.165, 1.54) is 19.2 Å². The quantitative estimate of drug-likeness (QED) is 0.639. The first-order chi connectivity index (χ1) is 13.1. The molecule has 1 heterocycles. The fraction of sp³-hybridized carbons (Fsp3) is 0.143. The summed E-state index contributed by atoms with van der Waals surface area (Å²) >= 11 is 1.64. The molecule has 1 atom stereocenters. The number of carbonyl (C=O) groups excluding carboxylic acids is 2. The number of esters is 1. The van der Waals surface area contributed by atoms with Gasteiger partial charge in [-0.1, -0.05) is 24.3 Å². The lowest BCUT2D eigenvalue weighted by Crippen LogP contribution is -2.28. The smallest absolute Gasteiger partial charge is 0.337 e. The number of hydrogen-bond donors (Lipinski definition) is 2. The Balaban J connectivity index is 1.57. The molecule has 3 rings (SSSR count). The minimum absolute atomic E-state index is 0.0926. The Morgan fingerprint density at radius 3 is 2.26 bits per heavy atom. The van der Waals surface area contributed by atoms with Gasteiger partial charge in [-0.25, -0.2) is 4.79 Å². The van der Waals surface area contributed by atoms with Gasteiger partial charge in [0.15, 0.2) is 0 Å². The van der Waals surface area contributed by atoms with E-state index >= 15 is 0 Å². The number of nitrogens with one attached hydrogen (secondary N) is 1. The molecule has 5 nitrogen and oxygen atoms in total. The molecule has 0 radical (unpaired) electrons.